The Kier molecular flexibility index (Phi) is 3.01. The van der Waals surface area contributed by atoms with Crippen LogP contribution in [0.4, 0.5) is 0 Å². The number of hydrogen-bond donors (Lipinski definition) is 2. The quantitative estimate of drug-likeness (QED) is 0.770. The summed E-state index contributed by atoms with van der Waals surface area (Å²) in [5.74, 6) is 0.299. The molecule has 0 saturated carbocycles. The average molecular weight is 202 g/mol. The van der Waals surface area contributed by atoms with Gasteiger partial charge in [-0.05, 0) is 24.6 Å². The number of nitrogens with two attached hydrogens (primary N) is 1. The highest BCUT2D eigenvalue weighted by atomic mass is 35.5. The van der Waals surface area contributed by atoms with Crippen LogP contribution in [0.25, 0.3) is 0 Å². The minimum absolute atomic E-state index is 0.0476. The summed E-state index contributed by atoms with van der Waals surface area (Å²) in [6, 6.07) is 3.17. The third kappa shape index (κ3) is 2.05. The number of methoxy groups -OCH3 is 1. The van der Waals surface area contributed by atoms with Gasteiger partial charge >= 0.3 is 0 Å². The van der Waals surface area contributed by atoms with Crippen LogP contribution in [0, 0.1) is 0 Å². The Bertz CT molecular complexity index is 313. The molecule has 0 aliphatic heterocycles. The number of aromatic hydroxyl groups is 1. The van der Waals surface area contributed by atoms with Crippen molar-refractivity contribution in [2.24, 2.45) is 5.73 Å². The highest BCUT2D eigenvalue weighted by Gasteiger charge is 2.10. The average Bonchev–Trinajstić information content (AvgIpc) is 2.09. The summed E-state index contributed by atoms with van der Waals surface area (Å²) in [5, 5.41) is 9.66. The van der Waals surface area contributed by atoms with Crippen molar-refractivity contribution >= 4 is 11.6 Å². The van der Waals surface area contributed by atoms with Gasteiger partial charge in [0.2, 0.25) is 0 Å². The van der Waals surface area contributed by atoms with E-state index in [1.54, 1.807) is 12.1 Å². The minimum Gasteiger partial charge on any atom is -0.503 e. The van der Waals surface area contributed by atoms with Crippen LogP contribution >= 0.6 is 11.6 Å². The number of rotatable bonds is 2. The van der Waals surface area contributed by atoms with Gasteiger partial charge in [0.25, 0.3) is 0 Å². The molecule has 72 valence electrons. The molecule has 0 radical (unpaired) electrons. The second-order valence-electron chi connectivity index (χ2n) is 2.84. The molecule has 1 aromatic rings. The molecular formula is C9H12ClNO2. The smallest absolute Gasteiger partial charge is 0.176 e. The molecule has 0 spiro atoms. The molecule has 0 fully saturated rings. The molecule has 3 nitrogen and oxygen atoms in total. The predicted molar refractivity (Wildman–Crippen MR) is 52.3 cm³/mol. The lowest BCUT2D eigenvalue weighted by molar-refractivity contribution is 0.373. The molecule has 3 N–H and O–H groups in total. The predicted octanol–water partition coefficient (Wildman–Crippen LogP) is 2.07. The number of hydrogen-bond acceptors (Lipinski definition) is 3. The van der Waals surface area contributed by atoms with Crippen molar-refractivity contribution in [3.63, 3.8) is 0 Å². The van der Waals surface area contributed by atoms with Crippen LogP contribution in [0.1, 0.15) is 18.5 Å². The van der Waals surface area contributed by atoms with Crippen LogP contribution in [-0.2, 0) is 0 Å². The lowest BCUT2D eigenvalue weighted by atomic mass is 10.1. The molecule has 1 rings (SSSR count). The van der Waals surface area contributed by atoms with E-state index in [0.717, 1.165) is 5.56 Å². The SMILES string of the molecule is COc1cc([C@@H](C)N)cc(Cl)c1O. The van der Waals surface area contributed by atoms with Crippen molar-refractivity contribution in [3.05, 3.63) is 22.7 Å². The highest BCUT2D eigenvalue weighted by Crippen LogP contribution is 2.36. The van der Waals surface area contributed by atoms with E-state index in [4.69, 9.17) is 22.1 Å². The molecule has 0 aliphatic carbocycles. The van der Waals surface area contributed by atoms with Gasteiger partial charge in [-0.2, -0.15) is 0 Å². The van der Waals surface area contributed by atoms with E-state index in [0.29, 0.717) is 5.75 Å². The van der Waals surface area contributed by atoms with E-state index < -0.39 is 0 Å². The highest BCUT2D eigenvalue weighted by molar-refractivity contribution is 6.32. The Morgan fingerprint density at radius 2 is 2.15 bits per heavy atom. The van der Waals surface area contributed by atoms with Gasteiger partial charge in [0.05, 0.1) is 12.1 Å². The van der Waals surface area contributed by atoms with E-state index >= 15 is 0 Å². The number of halogens is 1. The summed E-state index contributed by atoms with van der Waals surface area (Å²) in [6.45, 7) is 1.84. The molecule has 13 heavy (non-hydrogen) atoms. The van der Waals surface area contributed by atoms with Gasteiger partial charge in [0.15, 0.2) is 11.5 Å². The van der Waals surface area contributed by atoms with Crippen LogP contribution in [-0.4, -0.2) is 12.2 Å². The van der Waals surface area contributed by atoms with Crippen LogP contribution < -0.4 is 10.5 Å². The Morgan fingerprint density at radius 1 is 1.54 bits per heavy atom. The molecule has 0 saturated heterocycles. The van der Waals surface area contributed by atoms with Gasteiger partial charge in [-0.15, -0.1) is 0 Å². The lowest BCUT2D eigenvalue weighted by Crippen LogP contribution is -2.05. The fraction of sp³-hybridized carbons (Fsp3) is 0.333. The maximum absolute atomic E-state index is 9.41. The molecule has 0 aromatic heterocycles. The van der Waals surface area contributed by atoms with Crippen molar-refractivity contribution in [2.75, 3.05) is 7.11 Å². The number of benzene rings is 1. The largest absolute Gasteiger partial charge is 0.503 e. The number of phenols is 1. The second kappa shape index (κ2) is 3.85. The molecule has 0 heterocycles. The minimum atomic E-state index is -0.132. The van der Waals surface area contributed by atoms with Crippen molar-refractivity contribution in [1.82, 2.24) is 0 Å². The van der Waals surface area contributed by atoms with Crippen molar-refractivity contribution in [1.29, 1.82) is 0 Å². The molecule has 0 bridgehead atoms. The molecular weight excluding hydrogens is 190 g/mol. The Labute approximate surface area is 82.1 Å². The van der Waals surface area contributed by atoms with Crippen LogP contribution in [0.15, 0.2) is 12.1 Å². The molecule has 4 heteroatoms. The summed E-state index contributed by atoms with van der Waals surface area (Å²) in [6.07, 6.45) is 0. The van der Waals surface area contributed by atoms with Gasteiger partial charge < -0.3 is 15.6 Å². The first-order valence-corrected chi connectivity index (χ1v) is 4.26. The zero-order valence-electron chi connectivity index (χ0n) is 7.54. The maximum atomic E-state index is 9.41. The van der Waals surface area contributed by atoms with E-state index in [1.165, 1.54) is 7.11 Å². The van der Waals surface area contributed by atoms with Gasteiger partial charge in [-0.25, -0.2) is 0 Å². The topological polar surface area (TPSA) is 55.5 Å². The van der Waals surface area contributed by atoms with Gasteiger partial charge in [0.1, 0.15) is 0 Å². The van der Waals surface area contributed by atoms with Gasteiger partial charge in [-0.1, -0.05) is 11.6 Å². The summed E-state index contributed by atoms with van der Waals surface area (Å²) in [5.41, 5.74) is 6.49. The van der Waals surface area contributed by atoms with Crippen LogP contribution in [0.2, 0.25) is 5.02 Å². The first-order valence-electron chi connectivity index (χ1n) is 3.88. The molecule has 1 atom stereocenters. The van der Waals surface area contributed by atoms with Gasteiger partial charge in [0, 0.05) is 6.04 Å². The zero-order chi connectivity index (χ0) is 10.0. The van der Waals surface area contributed by atoms with E-state index in [2.05, 4.69) is 0 Å². The summed E-state index contributed by atoms with van der Waals surface area (Å²) < 4.78 is 4.93. The first kappa shape index (κ1) is 10.2. The molecule has 0 unspecified atom stereocenters. The number of phenolic OH excluding ortho intramolecular Hbond substituents is 1. The van der Waals surface area contributed by atoms with E-state index in [9.17, 15) is 5.11 Å². The van der Waals surface area contributed by atoms with Crippen LogP contribution in [0.3, 0.4) is 0 Å². The molecule has 0 aliphatic rings. The normalized spacial score (nSPS) is 12.6. The third-order valence-corrected chi connectivity index (χ3v) is 2.08. The van der Waals surface area contributed by atoms with Crippen LogP contribution in [0.5, 0.6) is 11.5 Å². The summed E-state index contributed by atoms with van der Waals surface area (Å²) in [7, 11) is 1.47. The fourth-order valence-electron chi connectivity index (χ4n) is 1.01. The Hall–Kier alpha value is -0.930. The molecule has 1 aromatic carbocycles. The van der Waals surface area contributed by atoms with Crippen molar-refractivity contribution in [3.8, 4) is 11.5 Å². The molecule has 0 amide bonds. The van der Waals surface area contributed by atoms with E-state index in [1.807, 2.05) is 6.92 Å². The second-order valence-corrected chi connectivity index (χ2v) is 3.25. The van der Waals surface area contributed by atoms with Crippen molar-refractivity contribution < 1.29 is 9.84 Å². The fourth-order valence-corrected chi connectivity index (χ4v) is 1.23. The zero-order valence-corrected chi connectivity index (χ0v) is 8.30. The Morgan fingerprint density at radius 3 is 2.62 bits per heavy atom. The van der Waals surface area contributed by atoms with Crippen molar-refractivity contribution in [2.45, 2.75) is 13.0 Å². The standard InChI is InChI=1S/C9H12ClNO2/c1-5(11)6-3-7(10)9(12)8(4-6)13-2/h3-5,12H,11H2,1-2H3/t5-/m1/s1. The third-order valence-electron chi connectivity index (χ3n) is 1.80. The maximum Gasteiger partial charge on any atom is 0.176 e. The monoisotopic (exact) mass is 201 g/mol. The lowest BCUT2D eigenvalue weighted by Gasteiger charge is -2.10. The number of ether oxygens (including phenoxy) is 1. The van der Waals surface area contributed by atoms with E-state index in [-0.39, 0.29) is 16.8 Å². The summed E-state index contributed by atoms with van der Waals surface area (Å²) >= 11 is 5.76. The van der Waals surface area contributed by atoms with Gasteiger partial charge in [-0.3, -0.25) is 0 Å². The Balaban J connectivity index is 3.22. The first-order chi connectivity index (χ1) is 6.06. The summed E-state index contributed by atoms with van der Waals surface area (Å²) in [4.78, 5) is 0.